The van der Waals surface area contributed by atoms with Crippen LogP contribution >= 0.6 is 0 Å². The van der Waals surface area contributed by atoms with E-state index in [2.05, 4.69) is 6.92 Å². The average Bonchev–Trinajstić information content (AvgIpc) is 2.57. The van der Waals surface area contributed by atoms with Crippen molar-refractivity contribution in [2.45, 2.75) is 40.0 Å². The van der Waals surface area contributed by atoms with Gasteiger partial charge in [0.25, 0.3) is 0 Å². The normalized spacial score (nSPS) is 19.9. The van der Waals surface area contributed by atoms with Gasteiger partial charge in [0.2, 0.25) is 0 Å². The summed E-state index contributed by atoms with van der Waals surface area (Å²) in [5.74, 6) is -1.95. The molecule has 0 spiro atoms. The molecule has 3 nitrogen and oxygen atoms in total. The van der Waals surface area contributed by atoms with Gasteiger partial charge in [-0.2, -0.15) is 0 Å². The summed E-state index contributed by atoms with van der Waals surface area (Å²) in [6, 6.07) is 9.70. The Morgan fingerprint density at radius 1 is 0.958 bits per heavy atom. The van der Waals surface area contributed by atoms with Crippen LogP contribution in [0.15, 0.2) is 30.3 Å². The van der Waals surface area contributed by atoms with Gasteiger partial charge in [0.1, 0.15) is 0 Å². The first kappa shape index (κ1) is 16.4. The Morgan fingerprint density at radius 2 is 1.54 bits per heavy atom. The van der Waals surface area contributed by atoms with Crippen LogP contribution in [0.2, 0.25) is 0 Å². The Bertz CT molecular complexity index is 834. The van der Waals surface area contributed by atoms with Crippen LogP contribution in [-0.4, -0.2) is 16.9 Å². The van der Waals surface area contributed by atoms with Crippen molar-refractivity contribution < 1.29 is 14.7 Å². The zero-order valence-corrected chi connectivity index (χ0v) is 14.5. The lowest BCUT2D eigenvalue weighted by atomic mass is 9.67. The molecule has 0 saturated carbocycles. The maximum Gasteiger partial charge on any atom is 0.307 e. The topological polar surface area (TPSA) is 54.4 Å². The molecule has 2 atom stereocenters. The lowest BCUT2D eigenvalue weighted by molar-refractivity contribution is -0.142. The zero-order chi connectivity index (χ0) is 17.6. The van der Waals surface area contributed by atoms with E-state index in [1.165, 1.54) is 0 Å². The third-order valence-corrected chi connectivity index (χ3v) is 5.61. The number of hydrogen-bond acceptors (Lipinski definition) is 2. The molecule has 0 fully saturated rings. The Labute approximate surface area is 142 Å². The number of Topliss-reactive ketones (excluding diaryl/α,β-unsaturated/α-hetero) is 1. The highest BCUT2D eigenvalue weighted by molar-refractivity contribution is 6.03. The quantitative estimate of drug-likeness (QED) is 0.895. The molecule has 0 saturated heterocycles. The van der Waals surface area contributed by atoms with Crippen molar-refractivity contribution >= 4 is 11.8 Å². The van der Waals surface area contributed by atoms with E-state index < -0.39 is 11.9 Å². The summed E-state index contributed by atoms with van der Waals surface area (Å²) in [6.45, 7) is 8.07. The first-order valence-corrected chi connectivity index (χ1v) is 8.25. The summed E-state index contributed by atoms with van der Waals surface area (Å²) < 4.78 is 0. The second-order valence-corrected chi connectivity index (χ2v) is 6.75. The maximum absolute atomic E-state index is 12.8. The smallest absolute Gasteiger partial charge is 0.307 e. The average molecular weight is 322 g/mol. The van der Waals surface area contributed by atoms with Gasteiger partial charge in [0, 0.05) is 17.9 Å². The van der Waals surface area contributed by atoms with Crippen molar-refractivity contribution in [3.05, 3.63) is 69.3 Å². The fourth-order valence-corrected chi connectivity index (χ4v) is 4.00. The zero-order valence-electron chi connectivity index (χ0n) is 14.5. The van der Waals surface area contributed by atoms with Gasteiger partial charge >= 0.3 is 5.97 Å². The van der Waals surface area contributed by atoms with Gasteiger partial charge in [0.05, 0.1) is 5.92 Å². The molecule has 1 aliphatic carbocycles. The predicted molar refractivity (Wildman–Crippen MR) is 93.7 cm³/mol. The van der Waals surface area contributed by atoms with Crippen LogP contribution in [-0.2, 0) is 4.79 Å². The van der Waals surface area contributed by atoms with Gasteiger partial charge < -0.3 is 5.11 Å². The van der Waals surface area contributed by atoms with Crippen molar-refractivity contribution in [1.82, 2.24) is 0 Å². The molecule has 0 radical (unpaired) electrons. The molecule has 1 N–H and O–H groups in total. The number of carbonyl (C=O) groups excluding carboxylic acids is 1. The third kappa shape index (κ3) is 2.35. The summed E-state index contributed by atoms with van der Waals surface area (Å²) in [5, 5.41) is 9.75. The molecule has 2 unspecified atom stereocenters. The molecule has 0 amide bonds. The van der Waals surface area contributed by atoms with Gasteiger partial charge in [0.15, 0.2) is 5.78 Å². The number of hydrogen-bond donors (Lipinski definition) is 1. The SMILES string of the molecule is Cc1c(C)c(C)c2c(c1C)C(=O)CC(C(=O)O)C2c1ccccc1. The summed E-state index contributed by atoms with van der Waals surface area (Å²) >= 11 is 0. The second-order valence-electron chi connectivity index (χ2n) is 6.75. The van der Waals surface area contributed by atoms with Gasteiger partial charge in [-0.1, -0.05) is 30.3 Å². The van der Waals surface area contributed by atoms with Crippen molar-refractivity contribution in [2.24, 2.45) is 5.92 Å². The van der Waals surface area contributed by atoms with Crippen LogP contribution in [0.3, 0.4) is 0 Å². The number of fused-ring (bicyclic) bond motifs is 1. The highest BCUT2D eigenvalue weighted by Gasteiger charge is 2.41. The molecule has 3 rings (SSSR count). The molecule has 1 aliphatic rings. The number of carboxylic acids is 1. The number of carboxylic acid groups (broad SMARTS) is 1. The molecule has 0 aromatic heterocycles. The standard InChI is InChI=1S/C21H22O3/c1-11-12(2)14(4)19-18(13(11)3)17(22)10-16(21(23)24)20(19)15-8-6-5-7-9-15/h5-9,16,20H,10H2,1-4H3,(H,23,24). The number of rotatable bonds is 2. The van der Waals surface area contributed by atoms with Crippen LogP contribution in [0.4, 0.5) is 0 Å². The summed E-state index contributed by atoms with van der Waals surface area (Å²) in [4.78, 5) is 24.6. The molecular formula is C21H22O3. The molecule has 124 valence electrons. The van der Waals surface area contributed by atoms with E-state index >= 15 is 0 Å². The molecule has 3 heteroatoms. The van der Waals surface area contributed by atoms with E-state index in [0.29, 0.717) is 0 Å². The van der Waals surface area contributed by atoms with Crippen LogP contribution in [0.5, 0.6) is 0 Å². The number of carbonyl (C=O) groups is 2. The highest BCUT2D eigenvalue weighted by atomic mass is 16.4. The minimum Gasteiger partial charge on any atom is -0.481 e. The van der Waals surface area contributed by atoms with Crippen molar-refractivity contribution in [1.29, 1.82) is 0 Å². The van der Waals surface area contributed by atoms with Crippen LogP contribution in [0.1, 0.15) is 56.1 Å². The first-order chi connectivity index (χ1) is 11.3. The first-order valence-electron chi connectivity index (χ1n) is 8.25. The molecular weight excluding hydrogens is 300 g/mol. The lowest BCUT2D eigenvalue weighted by Gasteiger charge is -2.34. The maximum atomic E-state index is 12.8. The van der Waals surface area contributed by atoms with Crippen molar-refractivity contribution in [3.8, 4) is 0 Å². The summed E-state index contributed by atoms with van der Waals surface area (Å²) in [7, 11) is 0. The van der Waals surface area contributed by atoms with Crippen molar-refractivity contribution in [2.75, 3.05) is 0 Å². The molecule has 0 aliphatic heterocycles. The number of benzene rings is 2. The fourth-order valence-electron chi connectivity index (χ4n) is 4.00. The van der Waals surface area contributed by atoms with Gasteiger partial charge in [-0.05, 0) is 61.1 Å². The number of ketones is 1. The third-order valence-electron chi connectivity index (χ3n) is 5.61. The highest BCUT2D eigenvalue weighted by Crippen LogP contribution is 2.45. The van der Waals surface area contributed by atoms with Crippen LogP contribution < -0.4 is 0 Å². The van der Waals surface area contributed by atoms with E-state index in [1.54, 1.807) is 0 Å². The van der Waals surface area contributed by atoms with Crippen LogP contribution in [0.25, 0.3) is 0 Å². The minimum absolute atomic E-state index is 0.0479. The largest absolute Gasteiger partial charge is 0.481 e. The monoisotopic (exact) mass is 322 g/mol. The van der Waals surface area contributed by atoms with E-state index in [-0.39, 0.29) is 18.1 Å². The predicted octanol–water partition coefficient (Wildman–Crippen LogP) is 4.34. The lowest BCUT2D eigenvalue weighted by Crippen LogP contribution is -2.33. The van der Waals surface area contributed by atoms with E-state index in [1.807, 2.05) is 51.1 Å². The Morgan fingerprint density at radius 3 is 2.12 bits per heavy atom. The Balaban J connectivity index is 2.37. The van der Waals surface area contributed by atoms with Crippen molar-refractivity contribution in [3.63, 3.8) is 0 Å². The molecule has 24 heavy (non-hydrogen) atoms. The summed E-state index contributed by atoms with van der Waals surface area (Å²) in [5.41, 5.74) is 6.91. The van der Waals surface area contributed by atoms with E-state index in [9.17, 15) is 14.7 Å². The second kappa shape index (κ2) is 5.90. The van der Waals surface area contributed by atoms with Gasteiger partial charge in [-0.3, -0.25) is 9.59 Å². The Kier molecular flexibility index (Phi) is 4.04. The molecule has 0 bridgehead atoms. The molecule has 2 aromatic carbocycles. The minimum atomic E-state index is -0.905. The van der Waals surface area contributed by atoms with Gasteiger partial charge in [-0.15, -0.1) is 0 Å². The summed E-state index contributed by atoms with van der Waals surface area (Å²) in [6.07, 6.45) is 0.0602. The number of aliphatic carboxylic acids is 1. The van der Waals surface area contributed by atoms with E-state index in [4.69, 9.17) is 0 Å². The molecule has 2 aromatic rings. The Hall–Kier alpha value is -2.42. The van der Waals surface area contributed by atoms with Crippen LogP contribution in [0, 0.1) is 33.6 Å². The fraction of sp³-hybridized carbons (Fsp3) is 0.333. The van der Waals surface area contributed by atoms with E-state index in [0.717, 1.165) is 38.9 Å². The molecule has 0 heterocycles. The van der Waals surface area contributed by atoms with Gasteiger partial charge in [-0.25, -0.2) is 0 Å².